The molecule has 84 valence electrons. The van der Waals surface area contributed by atoms with Crippen molar-refractivity contribution < 1.29 is 4.57 Å². The van der Waals surface area contributed by atoms with Crippen molar-refractivity contribution in [2.75, 3.05) is 25.4 Å². The topological polar surface area (TPSA) is 29.1 Å². The third kappa shape index (κ3) is 3.89. The zero-order valence-electron chi connectivity index (χ0n) is 10.2. The second kappa shape index (κ2) is 5.58. The summed E-state index contributed by atoms with van der Waals surface area (Å²) in [5, 5.41) is 3.42. The third-order valence-corrected chi connectivity index (χ3v) is 4.72. The molecule has 0 aromatic rings. The predicted octanol–water partition coefficient (Wildman–Crippen LogP) is 3.09. The molecule has 0 saturated heterocycles. The monoisotopic (exact) mass is 226 g/mol. The lowest BCUT2D eigenvalue weighted by Crippen LogP contribution is -2.20. The van der Waals surface area contributed by atoms with E-state index < -0.39 is 7.80 Å². The Morgan fingerprint density at radius 3 is 1.67 bits per heavy atom. The fourth-order valence-electron chi connectivity index (χ4n) is 1.59. The molecule has 0 saturated carbocycles. The minimum atomic E-state index is -1.09. The zero-order valence-corrected chi connectivity index (χ0v) is 11.1. The Morgan fingerprint density at radius 2 is 1.27 bits per heavy atom. The van der Waals surface area contributed by atoms with E-state index in [1.807, 2.05) is 0 Å². The zero-order chi connectivity index (χ0) is 11.4. The predicted molar refractivity (Wildman–Crippen MR) is 67.0 cm³/mol. The molecule has 1 aliphatic rings. The summed E-state index contributed by atoms with van der Waals surface area (Å²) in [7, 11) is -1.09. The lowest BCUT2D eigenvalue weighted by molar-refractivity contribution is 0.589. The molecule has 15 heavy (non-hydrogen) atoms. The highest BCUT2D eigenvalue weighted by Gasteiger charge is 2.19. The van der Waals surface area contributed by atoms with E-state index >= 15 is 0 Å². The van der Waals surface area contributed by atoms with Crippen LogP contribution < -0.4 is 5.32 Å². The molecule has 1 heterocycles. The Kier molecular flexibility index (Phi) is 4.69. The van der Waals surface area contributed by atoms with Crippen LogP contribution in [0.15, 0.2) is 22.3 Å². The number of hydrogen-bond donors (Lipinski definition) is 1. The van der Waals surface area contributed by atoms with Gasteiger partial charge in [-0.25, -0.2) is 0 Å². The molecule has 2 nitrogen and oxygen atoms in total. The number of rotatable bonds is 0. The highest BCUT2D eigenvalue weighted by Crippen LogP contribution is 2.29. The molecule has 0 amide bonds. The van der Waals surface area contributed by atoms with Gasteiger partial charge >= 0.3 is 7.80 Å². The molecule has 0 spiro atoms. The normalized spacial score (nSPS) is 32.9. The van der Waals surface area contributed by atoms with Crippen molar-refractivity contribution in [3.8, 4) is 0 Å². The first kappa shape index (κ1) is 12.6. The Bertz CT molecular complexity index is 299. The van der Waals surface area contributed by atoms with Gasteiger partial charge in [-0.3, -0.25) is 0 Å². The van der Waals surface area contributed by atoms with Crippen molar-refractivity contribution in [1.82, 2.24) is 5.32 Å². The smallest absolute Gasteiger partial charge is 0.309 e. The molecule has 0 unspecified atom stereocenters. The second-order valence-electron chi connectivity index (χ2n) is 4.52. The summed E-state index contributed by atoms with van der Waals surface area (Å²) in [5.74, 6) is 0. The van der Waals surface area contributed by atoms with Gasteiger partial charge in [0.25, 0.3) is 0 Å². The molecule has 0 radical (unpaired) electrons. The van der Waals surface area contributed by atoms with Crippen LogP contribution in [0, 0.1) is 0 Å². The quantitative estimate of drug-likeness (QED) is 0.508. The van der Waals surface area contributed by atoms with Crippen LogP contribution in [0.25, 0.3) is 0 Å². The van der Waals surface area contributed by atoms with E-state index in [0.29, 0.717) is 0 Å². The van der Waals surface area contributed by atoms with Gasteiger partial charge in [-0.2, -0.15) is 0 Å². The Balaban J connectivity index is 2.83. The maximum absolute atomic E-state index is 11.9. The maximum atomic E-state index is 11.9. The first-order valence-electron chi connectivity index (χ1n) is 5.44. The van der Waals surface area contributed by atoms with Gasteiger partial charge < -0.3 is 5.32 Å². The summed E-state index contributed by atoms with van der Waals surface area (Å²) in [6.45, 7) is 10.3. The van der Waals surface area contributed by atoms with Crippen LogP contribution in [0.4, 0.5) is 0 Å². The Labute approximate surface area is 93.6 Å². The molecule has 0 bridgehead atoms. The lowest BCUT2D eigenvalue weighted by atomic mass is 10.1. The molecular weight excluding hydrogens is 205 g/mol. The van der Waals surface area contributed by atoms with Crippen LogP contribution in [0.1, 0.15) is 27.7 Å². The van der Waals surface area contributed by atoms with E-state index in [1.165, 1.54) is 22.3 Å². The molecular formula is C12H21NOP+. The van der Waals surface area contributed by atoms with Crippen molar-refractivity contribution in [2.24, 2.45) is 0 Å². The van der Waals surface area contributed by atoms with E-state index in [-0.39, 0.29) is 0 Å². The van der Waals surface area contributed by atoms with E-state index in [1.54, 1.807) is 0 Å². The van der Waals surface area contributed by atoms with E-state index in [9.17, 15) is 4.57 Å². The summed E-state index contributed by atoms with van der Waals surface area (Å²) in [5.41, 5.74) is 5.25. The lowest BCUT2D eigenvalue weighted by Gasteiger charge is -2.11. The first-order valence-corrected chi connectivity index (χ1v) is 7.07. The van der Waals surface area contributed by atoms with E-state index in [0.717, 1.165) is 25.4 Å². The van der Waals surface area contributed by atoms with Crippen LogP contribution in [0.3, 0.4) is 0 Å². The van der Waals surface area contributed by atoms with Crippen molar-refractivity contribution in [2.45, 2.75) is 27.7 Å². The maximum Gasteiger partial charge on any atom is 0.347 e. The second-order valence-corrected chi connectivity index (χ2v) is 6.12. The van der Waals surface area contributed by atoms with Gasteiger partial charge in [0.2, 0.25) is 0 Å². The average molecular weight is 226 g/mol. The third-order valence-electron chi connectivity index (χ3n) is 3.06. The summed E-state index contributed by atoms with van der Waals surface area (Å²) in [4.78, 5) is 0. The Morgan fingerprint density at radius 1 is 0.867 bits per heavy atom. The number of hydrogen-bond acceptors (Lipinski definition) is 2. The van der Waals surface area contributed by atoms with Crippen LogP contribution in [0.2, 0.25) is 0 Å². The highest BCUT2D eigenvalue weighted by molar-refractivity contribution is 7.45. The summed E-state index contributed by atoms with van der Waals surface area (Å²) in [6.07, 6.45) is 1.51. The van der Waals surface area contributed by atoms with Crippen molar-refractivity contribution >= 4 is 7.80 Å². The van der Waals surface area contributed by atoms with Crippen molar-refractivity contribution in [3.63, 3.8) is 0 Å². The summed E-state index contributed by atoms with van der Waals surface area (Å²) >= 11 is 0. The van der Waals surface area contributed by atoms with Crippen LogP contribution in [-0.4, -0.2) is 25.4 Å². The fourth-order valence-corrected chi connectivity index (χ4v) is 3.30. The molecule has 0 fully saturated rings. The van der Waals surface area contributed by atoms with Gasteiger partial charge in [0.15, 0.2) is 12.3 Å². The van der Waals surface area contributed by atoms with Gasteiger partial charge in [-0.05, 0) is 38.8 Å². The van der Waals surface area contributed by atoms with Crippen molar-refractivity contribution in [3.05, 3.63) is 22.3 Å². The van der Waals surface area contributed by atoms with Crippen LogP contribution >= 0.6 is 7.80 Å². The molecule has 0 aromatic carbocycles. The molecule has 0 aromatic heterocycles. The van der Waals surface area contributed by atoms with Gasteiger partial charge in [-0.15, -0.1) is 0 Å². The van der Waals surface area contributed by atoms with Gasteiger partial charge in [0.1, 0.15) is 0 Å². The fraction of sp³-hybridized carbons (Fsp3) is 0.667. The minimum absolute atomic E-state index is 0.757. The number of allylic oxidation sites excluding steroid dienone is 2. The number of nitrogens with one attached hydrogen (secondary N) is 1. The SMILES string of the molecule is C/C1=C(\C)C[P+](=O)C/C(C)=C(/C)CNC1. The molecule has 1 N–H and O–H groups in total. The molecule has 1 aliphatic heterocycles. The van der Waals surface area contributed by atoms with E-state index in [2.05, 4.69) is 33.0 Å². The standard InChI is InChI=1S/C12H21NOP/c1-9-5-13-6-10(2)12(4)8-15(14)7-11(9)3/h13H,5-8H2,1-4H3/q+1/b11-9-,12-10-. The molecule has 0 atom stereocenters. The summed E-state index contributed by atoms with van der Waals surface area (Å²) in [6, 6.07) is 0. The minimum Gasteiger partial charge on any atom is -0.309 e. The molecule has 1 rings (SSSR count). The molecule has 0 aliphatic carbocycles. The average Bonchev–Trinajstić information content (AvgIpc) is 2.15. The van der Waals surface area contributed by atoms with Crippen LogP contribution in [0.5, 0.6) is 0 Å². The first-order chi connectivity index (χ1) is 7.00. The van der Waals surface area contributed by atoms with Gasteiger partial charge in [0.05, 0.1) is 0 Å². The van der Waals surface area contributed by atoms with Crippen LogP contribution in [-0.2, 0) is 4.57 Å². The largest absolute Gasteiger partial charge is 0.347 e. The van der Waals surface area contributed by atoms with E-state index in [4.69, 9.17) is 0 Å². The van der Waals surface area contributed by atoms with Crippen molar-refractivity contribution in [1.29, 1.82) is 0 Å². The highest BCUT2D eigenvalue weighted by atomic mass is 31.1. The molecule has 3 heteroatoms. The van der Waals surface area contributed by atoms with Gasteiger partial charge in [0, 0.05) is 13.1 Å². The van der Waals surface area contributed by atoms with Gasteiger partial charge in [-0.1, -0.05) is 15.7 Å². The summed E-state index contributed by atoms with van der Waals surface area (Å²) < 4.78 is 11.9. The Hall–Kier alpha value is -0.460.